The molecular formula is C33H41ClN4O4. The van der Waals surface area contributed by atoms with Gasteiger partial charge in [-0.15, -0.1) is 0 Å². The van der Waals surface area contributed by atoms with E-state index in [4.69, 9.17) is 16.3 Å². The van der Waals surface area contributed by atoms with Crippen LogP contribution in [0.2, 0.25) is 5.15 Å². The fraction of sp³-hybridized carbons (Fsp3) is 0.424. The normalized spacial score (nSPS) is 16.5. The molecule has 3 aromatic rings. The van der Waals surface area contributed by atoms with E-state index in [1.54, 1.807) is 6.20 Å². The van der Waals surface area contributed by atoms with E-state index in [0.29, 0.717) is 54.3 Å². The van der Waals surface area contributed by atoms with Gasteiger partial charge in [-0.1, -0.05) is 54.9 Å². The molecule has 2 unspecified atom stereocenters. The number of nitrogens with zero attached hydrogens (tertiary/aromatic N) is 2. The summed E-state index contributed by atoms with van der Waals surface area (Å²) in [5, 5.41) is 18.9. The van der Waals surface area contributed by atoms with Crippen LogP contribution in [0.4, 0.5) is 4.79 Å². The van der Waals surface area contributed by atoms with Crippen molar-refractivity contribution in [2.45, 2.75) is 51.2 Å². The van der Waals surface area contributed by atoms with Crippen LogP contribution in [0.5, 0.6) is 0 Å². The van der Waals surface area contributed by atoms with E-state index in [2.05, 4.69) is 34.7 Å². The molecule has 224 valence electrons. The van der Waals surface area contributed by atoms with Gasteiger partial charge in [-0.25, -0.2) is 9.78 Å². The summed E-state index contributed by atoms with van der Waals surface area (Å²) in [4.78, 5) is 31.5. The molecule has 4 rings (SSSR count). The van der Waals surface area contributed by atoms with Crippen molar-refractivity contribution in [3.63, 3.8) is 0 Å². The van der Waals surface area contributed by atoms with Crippen LogP contribution in [0, 0.1) is 5.92 Å². The Kier molecular flexibility index (Phi) is 11.0. The summed E-state index contributed by atoms with van der Waals surface area (Å²) >= 11 is 6.76. The van der Waals surface area contributed by atoms with E-state index in [-0.39, 0.29) is 11.8 Å². The minimum Gasteiger partial charge on any atom is -0.453 e. The molecule has 0 bridgehead atoms. The van der Waals surface area contributed by atoms with Gasteiger partial charge in [0.25, 0.3) is 5.91 Å². The number of hydrogen-bond acceptors (Lipinski definition) is 6. The first-order valence-corrected chi connectivity index (χ1v) is 15.0. The summed E-state index contributed by atoms with van der Waals surface area (Å²) < 4.78 is 4.72. The van der Waals surface area contributed by atoms with Gasteiger partial charge in [0.1, 0.15) is 5.15 Å². The molecule has 9 heteroatoms. The first kappa shape index (κ1) is 31.5. The Labute approximate surface area is 253 Å². The maximum atomic E-state index is 13.6. The van der Waals surface area contributed by atoms with E-state index in [1.807, 2.05) is 54.4 Å². The first-order valence-electron chi connectivity index (χ1n) is 14.6. The van der Waals surface area contributed by atoms with Crippen LogP contribution in [0.15, 0.2) is 60.8 Å². The number of benzene rings is 2. The lowest BCUT2D eigenvalue weighted by molar-refractivity contribution is -0.0563. The lowest BCUT2D eigenvalue weighted by Gasteiger charge is -2.43. The molecule has 1 fully saturated rings. The van der Waals surface area contributed by atoms with Crippen molar-refractivity contribution in [2.24, 2.45) is 5.92 Å². The molecule has 0 radical (unpaired) electrons. The van der Waals surface area contributed by atoms with Gasteiger partial charge in [-0.2, -0.15) is 0 Å². The van der Waals surface area contributed by atoms with Gasteiger partial charge < -0.3 is 25.4 Å². The Morgan fingerprint density at radius 2 is 1.95 bits per heavy atom. The predicted molar refractivity (Wildman–Crippen MR) is 165 cm³/mol. The van der Waals surface area contributed by atoms with Gasteiger partial charge in [0.2, 0.25) is 0 Å². The van der Waals surface area contributed by atoms with Crippen molar-refractivity contribution in [2.75, 3.05) is 33.8 Å². The van der Waals surface area contributed by atoms with Crippen molar-refractivity contribution in [3.05, 3.63) is 88.2 Å². The molecule has 1 aliphatic heterocycles. The summed E-state index contributed by atoms with van der Waals surface area (Å²) in [6.45, 7) is 4.18. The van der Waals surface area contributed by atoms with Crippen LogP contribution < -0.4 is 10.6 Å². The largest absolute Gasteiger partial charge is 0.453 e. The van der Waals surface area contributed by atoms with Crippen molar-refractivity contribution in [1.82, 2.24) is 20.5 Å². The SMILES string of the molecule is CCc1cccc(-c2c(C(O)(CCCNC(=O)OC)C3CCCN(C(=O)c4ccc(CNC)cc4)C3)ccnc2Cl)c1. The molecule has 42 heavy (non-hydrogen) atoms. The van der Waals surface area contributed by atoms with Gasteiger partial charge >= 0.3 is 6.09 Å². The van der Waals surface area contributed by atoms with E-state index >= 15 is 0 Å². The zero-order valence-corrected chi connectivity index (χ0v) is 25.4. The third-order valence-corrected chi connectivity index (χ3v) is 8.44. The molecule has 0 aliphatic carbocycles. The zero-order valence-electron chi connectivity index (χ0n) is 24.7. The number of hydrogen-bond donors (Lipinski definition) is 3. The van der Waals surface area contributed by atoms with E-state index in [9.17, 15) is 14.7 Å². The number of halogens is 1. The molecule has 0 saturated carbocycles. The van der Waals surface area contributed by atoms with Crippen molar-refractivity contribution < 1.29 is 19.4 Å². The third kappa shape index (κ3) is 7.30. The van der Waals surface area contributed by atoms with Crippen molar-refractivity contribution in [3.8, 4) is 11.1 Å². The van der Waals surface area contributed by atoms with E-state index in [0.717, 1.165) is 42.5 Å². The molecular weight excluding hydrogens is 552 g/mol. The lowest BCUT2D eigenvalue weighted by atomic mass is 9.72. The molecule has 2 atom stereocenters. The average Bonchev–Trinajstić information content (AvgIpc) is 3.03. The number of carbonyl (C=O) groups excluding carboxylic acids is 2. The number of aryl methyl sites for hydroxylation is 1. The van der Waals surface area contributed by atoms with Crippen LogP contribution >= 0.6 is 11.6 Å². The standard InChI is InChI=1S/C33H41ClN4O4/c1-4-23-8-5-9-26(20-23)29-28(15-18-36-30(29)34)33(41,16-7-17-37-32(40)42-3)27-10-6-19-38(22-27)31(39)25-13-11-24(12-14-25)21-35-2/h5,8-9,11-15,18,20,27,35,41H,4,6-7,10,16-17,19,21-22H2,1-3H3,(H,37,40). The van der Waals surface area contributed by atoms with E-state index in [1.165, 1.54) is 7.11 Å². The Morgan fingerprint density at radius 3 is 2.67 bits per heavy atom. The first-order chi connectivity index (χ1) is 20.3. The van der Waals surface area contributed by atoms with E-state index < -0.39 is 11.7 Å². The monoisotopic (exact) mass is 592 g/mol. The highest BCUT2D eigenvalue weighted by molar-refractivity contribution is 6.32. The maximum absolute atomic E-state index is 13.6. The number of piperidine rings is 1. The Balaban J connectivity index is 1.69. The second-order valence-electron chi connectivity index (χ2n) is 10.8. The fourth-order valence-electron chi connectivity index (χ4n) is 5.90. The van der Waals surface area contributed by atoms with Gasteiger partial charge in [0.15, 0.2) is 0 Å². The number of rotatable bonds is 11. The topological polar surface area (TPSA) is 104 Å². The summed E-state index contributed by atoms with van der Waals surface area (Å²) in [5.74, 6) is -0.308. The highest BCUT2D eigenvalue weighted by atomic mass is 35.5. The van der Waals surface area contributed by atoms with Crippen molar-refractivity contribution in [1.29, 1.82) is 0 Å². The summed E-state index contributed by atoms with van der Waals surface area (Å²) in [6, 6.07) is 17.6. The number of amides is 2. The number of likely N-dealkylation sites (tertiary alicyclic amines) is 1. The van der Waals surface area contributed by atoms with Crippen LogP contribution in [0.3, 0.4) is 0 Å². The molecule has 1 aliphatic rings. The summed E-state index contributed by atoms with van der Waals surface area (Å²) in [7, 11) is 3.21. The highest BCUT2D eigenvalue weighted by Crippen LogP contribution is 2.45. The minimum absolute atomic E-state index is 0.0472. The summed E-state index contributed by atoms with van der Waals surface area (Å²) in [6.07, 6.45) is 4.32. The van der Waals surface area contributed by atoms with Crippen LogP contribution in [-0.2, 0) is 23.3 Å². The number of aliphatic hydroxyl groups is 1. The predicted octanol–water partition coefficient (Wildman–Crippen LogP) is 5.56. The van der Waals surface area contributed by atoms with Gasteiger partial charge in [-0.05, 0) is 79.6 Å². The van der Waals surface area contributed by atoms with Crippen molar-refractivity contribution >= 4 is 23.6 Å². The lowest BCUT2D eigenvalue weighted by Crippen LogP contribution is -2.48. The highest BCUT2D eigenvalue weighted by Gasteiger charge is 2.43. The molecule has 8 nitrogen and oxygen atoms in total. The number of carbonyl (C=O) groups is 2. The minimum atomic E-state index is -1.34. The number of nitrogens with one attached hydrogen (secondary N) is 2. The van der Waals surface area contributed by atoms with Crippen LogP contribution in [0.25, 0.3) is 11.1 Å². The second-order valence-corrected chi connectivity index (χ2v) is 11.2. The quantitative estimate of drug-likeness (QED) is 0.199. The number of ether oxygens (including phenoxy) is 1. The molecule has 2 amide bonds. The number of alkyl carbamates (subject to hydrolysis) is 1. The average molecular weight is 593 g/mol. The Bertz CT molecular complexity index is 1370. The second kappa shape index (κ2) is 14.6. The van der Waals surface area contributed by atoms with Crippen LogP contribution in [0.1, 0.15) is 59.7 Å². The third-order valence-electron chi connectivity index (χ3n) is 8.15. The maximum Gasteiger partial charge on any atom is 0.406 e. The molecule has 3 N–H and O–H groups in total. The zero-order chi connectivity index (χ0) is 30.1. The van der Waals surface area contributed by atoms with Gasteiger partial charge in [0.05, 0.1) is 12.7 Å². The molecule has 0 spiro atoms. The number of methoxy groups -OCH3 is 1. The summed E-state index contributed by atoms with van der Waals surface area (Å²) in [5.41, 5.74) is 3.82. The molecule has 1 aromatic heterocycles. The molecule has 1 saturated heterocycles. The molecule has 2 aromatic carbocycles. The van der Waals surface area contributed by atoms with Gasteiger partial charge in [0, 0.05) is 49.4 Å². The smallest absolute Gasteiger partial charge is 0.406 e. The Hall–Kier alpha value is -3.46. The Morgan fingerprint density at radius 1 is 1.17 bits per heavy atom. The fourth-order valence-corrected chi connectivity index (χ4v) is 6.17. The molecule has 2 heterocycles. The van der Waals surface area contributed by atoms with Gasteiger partial charge in [-0.3, -0.25) is 4.79 Å². The van der Waals surface area contributed by atoms with Crippen LogP contribution in [-0.4, -0.2) is 60.8 Å². The number of pyridine rings is 1. The number of aromatic nitrogens is 1.